The van der Waals surface area contributed by atoms with Crippen molar-refractivity contribution < 1.29 is 0 Å². The topological polar surface area (TPSA) is 67.6 Å². The Bertz CT molecular complexity index is 356. The van der Waals surface area contributed by atoms with Crippen LogP contribution in [0.5, 0.6) is 0 Å². The van der Waals surface area contributed by atoms with Crippen LogP contribution in [0.1, 0.15) is 0 Å². The van der Waals surface area contributed by atoms with Crippen molar-refractivity contribution in [1.82, 2.24) is 15.0 Å². The van der Waals surface area contributed by atoms with Crippen LogP contribution < -0.4 is 5.73 Å². The first-order valence-electron chi connectivity index (χ1n) is 2.91. The van der Waals surface area contributed by atoms with Crippen LogP contribution in [0.3, 0.4) is 0 Å². The zero-order valence-corrected chi connectivity index (χ0v) is 6.43. The van der Waals surface area contributed by atoms with Gasteiger partial charge in [0.1, 0.15) is 11.8 Å². The maximum absolute atomic E-state index is 5.52. The molecule has 2 rings (SSSR count). The summed E-state index contributed by atoms with van der Waals surface area (Å²) in [7, 11) is 0. The van der Waals surface area contributed by atoms with E-state index >= 15 is 0 Å². The molecule has 2 aromatic heterocycles. The minimum atomic E-state index is 0. The first kappa shape index (κ1) is 7.81. The highest BCUT2D eigenvalue weighted by atomic mass is 35.5. The number of aromatic amines is 1. The summed E-state index contributed by atoms with van der Waals surface area (Å²) in [5, 5.41) is 0. The molecule has 2 aromatic rings. The molecule has 0 aliphatic carbocycles. The lowest BCUT2D eigenvalue weighted by atomic mass is 10.4. The normalized spacial score (nSPS) is 9.45. The summed E-state index contributed by atoms with van der Waals surface area (Å²) in [5.41, 5.74) is 7.18. The summed E-state index contributed by atoms with van der Waals surface area (Å²) in [4.78, 5) is 10.7. The molecule has 58 valence electrons. The lowest BCUT2D eigenvalue weighted by Gasteiger charge is -1.90. The van der Waals surface area contributed by atoms with Crippen molar-refractivity contribution in [2.24, 2.45) is 0 Å². The van der Waals surface area contributed by atoms with Crippen LogP contribution in [0.25, 0.3) is 11.0 Å². The van der Waals surface area contributed by atoms with Crippen molar-refractivity contribution in [2.75, 3.05) is 5.73 Å². The van der Waals surface area contributed by atoms with E-state index in [0.29, 0.717) is 5.82 Å². The summed E-state index contributed by atoms with van der Waals surface area (Å²) in [6.45, 7) is 0. The molecule has 2 heterocycles. The number of anilines is 1. The average molecular weight is 171 g/mol. The van der Waals surface area contributed by atoms with E-state index in [-0.39, 0.29) is 12.4 Å². The van der Waals surface area contributed by atoms with Gasteiger partial charge in [-0.05, 0) is 6.07 Å². The second-order valence-electron chi connectivity index (χ2n) is 2.00. The molecule has 0 saturated heterocycles. The van der Waals surface area contributed by atoms with Gasteiger partial charge in [0, 0.05) is 6.20 Å². The van der Waals surface area contributed by atoms with Crippen LogP contribution in [-0.2, 0) is 0 Å². The third-order valence-corrected chi connectivity index (χ3v) is 1.37. The fourth-order valence-electron chi connectivity index (χ4n) is 0.892. The van der Waals surface area contributed by atoms with E-state index in [2.05, 4.69) is 15.0 Å². The lowest BCUT2D eigenvalue weighted by molar-refractivity contribution is 1.22. The molecular formula is C6H7ClN4. The van der Waals surface area contributed by atoms with E-state index in [1.54, 1.807) is 6.20 Å². The van der Waals surface area contributed by atoms with E-state index in [1.807, 2.05) is 6.07 Å². The van der Waals surface area contributed by atoms with Gasteiger partial charge in [0.2, 0.25) is 0 Å². The van der Waals surface area contributed by atoms with Crippen LogP contribution in [0.15, 0.2) is 18.6 Å². The molecule has 0 radical (unpaired) electrons. The smallest absolute Gasteiger partial charge is 0.151 e. The molecule has 3 N–H and O–H groups in total. The standard InChI is InChI=1S/C6H6N4.ClH/c7-6-5-4(1-2-8-5)9-3-10-6;/h1-3,8H,(H2,7,9,10);1H. The number of hydrogen-bond donors (Lipinski definition) is 2. The molecular weight excluding hydrogens is 164 g/mol. The van der Waals surface area contributed by atoms with Gasteiger partial charge in [-0.2, -0.15) is 0 Å². The third-order valence-electron chi connectivity index (χ3n) is 1.37. The molecule has 11 heavy (non-hydrogen) atoms. The molecule has 0 fully saturated rings. The summed E-state index contributed by atoms with van der Waals surface area (Å²) in [6, 6.07) is 1.85. The highest BCUT2D eigenvalue weighted by Crippen LogP contribution is 2.12. The largest absolute Gasteiger partial charge is 0.382 e. The second-order valence-corrected chi connectivity index (χ2v) is 2.00. The predicted octanol–water partition coefficient (Wildman–Crippen LogP) is 0.962. The van der Waals surface area contributed by atoms with E-state index < -0.39 is 0 Å². The van der Waals surface area contributed by atoms with E-state index in [1.165, 1.54) is 6.33 Å². The molecule has 4 nitrogen and oxygen atoms in total. The van der Waals surface area contributed by atoms with Crippen LogP contribution in [0.4, 0.5) is 5.82 Å². The second kappa shape index (κ2) is 2.75. The number of H-pyrrole nitrogens is 1. The fraction of sp³-hybridized carbons (Fsp3) is 0. The Morgan fingerprint density at radius 3 is 2.91 bits per heavy atom. The highest BCUT2D eigenvalue weighted by Gasteiger charge is 1.97. The number of nitrogen functional groups attached to an aromatic ring is 1. The molecule has 0 amide bonds. The molecule has 0 atom stereocenters. The fourth-order valence-corrected chi connectivity index (χ4v) is 0.892. The van der Waals surface area contributed by atoms with Crippen LogP contribution in [0, 0.1) is 0 Å². The van der Waals surface area contributed by atoms with Crippen molar-refractivity contribution in [3.05, 3.63) is 18.6 Å². The van der Waals surface area contributed by atoms with Crippen molar-refractivity contribution in [3.63, 3.8) is 0 Å². The number of nitrogens with two attached hydrogens (primary N) is 1. The Kier molecular flexibility index (Phi) is 1.96. The van der Waals surface area contributed by atoms with E-state index in [4.69, 9.17) is 5.73 Å². The first-order chi connectivity index (χ1) is 4.88. The van der Waals surface area contributed by atoms with Crippen molar-refractivity contribution in [3.8, 4) is 0 Å². The number of nitrogens with zero attached hydrogens (tertiary/aromatic N) is 2. The number of fused-ring (bicyclic) bond motifs is 1. The number of hydrogen-bond acceptors (Lipinski definition) is 3. The van der Waals surface area contributed by atoms with Crippen molar-refractivity contribution in [1.29, 1.82) is 0 Å². The van der Waals surface area contributed by atoms with Gasteiger partial charge in [0.25, 0.3) is 0 Å². The Morgan fingerprint density at radius 1 is 1.36 bits per heavy atom. The van der Waals surface area contributed by atoms with Crippen molar-refractivity contribution >= 4 is 29.3 Å². The molecule has 0 spiro atoms. The molecule has 5 heteroatoms. The summed E-state index contributed by atoms with van der Waals surface area (Å²) >= 11 is 0. The molecule has 0 bridgehead atoms. The number of nitrogens with one attached hydrogen (secondary N) is 1. The number of halogens is 1. The van der Waals surface area contributed by atoms with Gasteiger partial charge in [-0.1, -0.05) is 0 Å². The first-order valence-corrected chi connectivity index (χ1v) is 2.91. The SMILES string of the molecule is Cl.Nc1ncnc2cc[nH]c12. The van der Waals surface area contributed by atoms with Gasteiger partial charge in [0.15, 0.2) is 5.82 Å². The molecule has 0 unspecified atom stereocenters. The Balaban J connectivity index is 0.000000605. The highest BCUT2D eigenvalue weighted by molar-refractivity contribution is 5.85. The summed E-state index contributed by atoms with van der Waals surface area (Å²) < 4.78 is 0. The molecule has 0 aliphatic heterocycles. The zero-order chi connectivity index (χ0) is 6.97. The van der Waals surface area contributed by atoms with Crippen LogP contribution >= 0.6 is 12.4 Å². The summed E-state index contributed by atoms with van der Waals surface area (Å²) in [6.07, 6.45) is 3.24. The van der Waals surface area contributed by atoms with Crippen LogP contribution in [0.2, 0.25) is 0 Å². The van der Waals surface area contributed by atoms with Crippen LogP contribution in [-0.4, -0.2) is 15.0 Å². The van der Waals surface area contributed by atoms with Gasteiger partial charge in [-0.3, -0.25) is 0 Å². The van der Waals surface area contributed by atoms with Gasteiger partial charge in [-0.25, -0.2) is 9.97 Å². The molecule has 0 aromatic carbocycles. The Hall–Kier alpha value is -1.29. The maximum Gasteiger partial charge on any atom is 0.151 e. The van der Waals surface area contributed by atoms with Gasteiger partial charge < -0.3 is 10.7 Å². The minimum Gasteiger partial charge on any atom is -0.382 e. The Labute approximate surface area is 69.3 Å². The number of aromatic nitrogens is 3. The summed E-state index contributed by atoms with van der Waals surface area (Å²) in [5.74, 6) is 0.495. The van der Waals surface area contributed by atoms with Gasteiger partial charge in [-0.15, -0.1) is 12.4 Å². The molecule has 0 saturated carbocycles. The molecule has 0 aliphatic rings. The maximum atomic E-state index is 5.52. The number of rotatable bonds is 0. The minimum absolute atomic E-state index is 0. The Morgan fingerprint density at radius 2 is 2.18 bits per heavy atom. The average Bonchev–Trinajstić information content (AvgIpc) is 2.36. The quantitative estimate of drug-likeness (QED) is 0.619. The van der Waals surface area contributed by atoms with Gasteiger partial charge >= 0.3 is 0 Å². The van der Waals surface area contributed by atoms with E-state index in [0.717, 1.165) is 11.0 Å². The van der Waals surface area contributed by atoms with E-state index in [9.17, 15) is 0 Å². The third kappa shape index (κ3) is 1.12. The predicted molar refractivity (Wildman–Crippen MR) is 45.5 cm³/mol. The zero-order valence-electron chi connectivity index (χ0n) is 5.61. The van der Waals surface area contributed by atoms with Crippen molar-refractivity contribution in [2.45, 2.75) is 0 Å². The monoisotopic (exact) mass is 170 g/mol. The van der Waals surface area contributed by atoms with Gasteiger partial charge in [0.05, 0.1) is 5.52 Å². The lowest BCUT2D eigenvalue weighted by Crippen LogP contribution is -1.91.